The molecule has 70 valence electrons. The Hall–Kier alpha value is -0.930. The van der Waals surface area contributed by atoms with Crippen molar-refractivity contribution in [2.24, 2.45) is 0 Å². The molecule has 0 amide bonds. The van der Waals surface area contributed by atoms with Crippen LogP contribution in [0, 0.1) is 0 Å². The number of pyridine rings is 1. The van der Waals surface area contributed by atoms with Crippen molar-refractivity contribution in [3.8, 4) is 0 Å². The van der Waals surface area contributed by atoms with Crippen LogP contribution in [0.15, 0.2) is 29.3 Å². The molecule has 2 heterocycles. The number of hydrogen-bond acceptors (Lipinski definition) is 1. The lowest BCUT2D eigenvalue weighted by Gasteiger charge is -1.87. The third-order valence-electron chi connectivity index (χ3n) is 1.68. The van der Waals surface area contributed by atoms with Crippen LogP contribution in [0.5, 0.6) is 0 Å². The Labute approximate surface area is 85.8 Å². The minimum atomic E-state index is -0.00188. The Morgan fingerprint density at radius 3 is 3.00 bits per heavy atom. The summed E-state index contributed by atoms with van der Waals surface area (Å²) in [6.07, 6.45) is 3.58. The summed E-state index contributed by atoms with van der Waals surface area (Å²) in [5, 5.41) is 0. The predicted molar refractivity (Wildman–Crippen MR) is 54.8 cm³/mol. The van der Waals surface area contributed by atoms with Crippen LogP contribution in [0.4, 0.5) is 0 Å². The first kappa shape index (κ1) is 10.2. The van der Waals surface area contributed by atoms with Gasteiger partial charge in [0.1, 0.15) is 5.65 Å². The van der Waals surface area contributed by atoms with Crippen molar-refractivity contribution in [1.82, 2.24) is 9.38 Å². The molecule has 0 aliphatic heterocycles. The molecule has 0 fully saturated rings. The van der Waals surface area contributed by atoms with Crippen molar-refractivity contribution in [3.05, 3.63) is 40.4 Å². The van der Waals surface area contributed by atoms with Crippen LogP contribution in [-0.4, -0.2) is 9.38 Å². The number of nitrogens with one attached hydrogen (secondary N) is 1. The van der Waals surface area contributed by atoms with Crippen molar-refractivity contribution in [1.29, 1.82) is 0 Å². The van der Waals surface area contributed by atoms with Gasteiger partial charge in [-0.3, -0.25) is 4.79 Å². The average molecular weight is 219 g/mol. The maximum Gasteiger partial charge on any atom is 0.183 e. The van der Waals surface area contributed by atoms with Crippen LogP contribution >= 0.6 is 24.0 Å². The lowest BCUT2D eigenvalue weighted by Crippen LogP contribution is -1.97. The highest BCUT2D eigenvalue weighted by Crippen LogP contribution is 2.04. The molecule has 0 aromatic carbocycles. The first-order valence-electron chi connectivity index (χ1n) is 3.55. The van der Waals surface area contributed by atoms with E-state index < -0.39 is 0 Å². The highest BCUT2D eigenvalue weighted by molar-refractivity contribution is 6.16. The van der Waals surface area contributed by atoms with E-state index in [0.29, 0.717) is 5.88 Å². The van der Waals surface area contributed by atoms with E-state index in [1.165, 1.54) is 12.1 Å². The second kappa shape index (κ2) is 3.85. The van der Waals surface area contributed by atoms with Gasteiger partial charge in [-0.2, -0.15) is 0 Å². The Morgan fingerprint density at radius 1 is 1.54 bits per heavy atom. The van der Waals surface area contributed by atoms with Crippen molar-refractivity contribution >= 4 is 29.7 Å². The number of hydrogen-bond donors (Lipinski definition) is 1. The first-order chi connectivity index (χ1) is 5.79. The Morgan fingerprint density at radius 2 is 2.31 bits per heavy atom. The molecule has 0 aliphatic rings. The van der Waals surface area contributed by atoms with E-state index in [4.69, 9.17) is 11.6 Å². The van der Waals surface area contributed by atoms with Gasteiger partial charge in [-0.1, -0.05) is 0 Å². The maximum atomic E-state index is 10.9. The number of imidazole rings is 1. The summed E-state index contributed by atoms with van der Waals surface area (Å²) in [7, 11) is 0. The van der Waals surface area contributed by atoms with Gasteiger partial charge in [-0.15, -0.1) is 24.0 Å². The summed E-state index contributed by atoms with van der Waals surface area (Å²) in [6, 6.07) is 3.05. The van der Waals surface area contributed by atoms with E-state index in [1.54, 1.807) is 6.20 Å². The Kier molecular flexibility index (Phi) is 3.01. The third kappa shape index (κ3) is 1.87. The lowest BCUT2D eigenvalue weighted by molar-refractivity contribution is 1.17. The van der Waals surface area contributed by atoms with Gasteiger partial charge in [0.15, 0.2) is 5.43 Å². The fourth-order valence-electron chi connectivity index (χ4n) is 1.14. The van der Waals surface area contributed by atoms with E-state index in [2.05, 4.69) is 4.98 Å². The van der Waals surface area contributed by atoms with E-state index in [0.717, 1.165) is 11.3 Å². The highest BCUT2D eigenvalue weighted by Gasteiger charge is 1.97. The first-order valence-corrected chi connectivity index (χ1v) is 4.09. The Bertz CT molecular complexity index is 460. The van der Waals surface area contributed by atoms with Crippen LogP contribution in [0.25, 0.3) is 5.65 Å². The van der Waals surface area contributed by atoms with E-state index in [9.17, 15) is 4.79 Å². The molecule has 1 N–H and O–H groups in total. The van der Waals surface area contributed by atoms with Crippen LogP contribution in [0.2, 0.25) is 0 Å². The van der Waals surface area contributed by atoms with Gasteiger partial charge in [-0.05, 0) is 0 Å². The fourth-order valence-corrected chi connectivity index (χ4v) is 1.27. The molecule has 0 bridgehead atoms. The Balaban J connectivity index is 0.000000845. The van der Waals surface area contributed by atoms with Gasteiger partial charge < -0.3 is 9.38 Å². The van der Waals surface area contributed by atoms with Crippen LogP contribution in [0.3, 0.4) is 0 Å². The van der Waals surface area contributed by atoms with Gasteiger partial charge in [0, 0.05) is 30.2 Å². The van der Waals surface area contributed by atoms with Crippen LogP contribution in [-0.2, 0) is 5.88 Å². The van der Waals surface area contributed by atoms with Crippen molar-refractivity contribution < 1.29 is 0 Å². The summed E-state index contributed by atoms with van der Waals surface area (Å²) < 4.78 is 1.83. The zero-order valence-electron chi connectivity index (χ0n) is 6.66. The summed E-state index contributed by atoms with van der Waals surface area (Å²) in [4.78, 5) is 13.9. The number of nitrogens with zero attached hydrogens (tertiary/aromatic N) is 1. The summed E-state index contributed by atoms with van der Waals surface area (Å²) in [6.45, 7) is 0. The number of halogens is 2. The minimum Gasteiger partial charge on any atom is -0.342 e. The zero-order chi connectivity index (χ0) is 8.55. The molecule has 0 spiro atoms. The van der Waals surface area contributed by atoms with E-state index >= 15 is 0 Å². The molecule has 0 saturated carbocycles. The van der Waals surface area contributed by atoms with Crippen molar-refractivity contribution in [2.45, 2.75) is 5.88 Å². The zero-order valence-corrected chi connectivity index (χ0v) is 8.23. The molecular weight excluding hydrogens is 211 g/mol. The molecule has 2 aromatic heterocycles. The molecule has 13 heavy (non-hydrogen) atoms. The smallest absolute Gasteiger partial charge is 0.183 e. The van der Waals surface area contributed by atoms with Gasteiger partial charge >= 0.3 is 0 Å². The number of rotatable bonds is 1. The summed E-state index contributed by atoms with van der Waals surface area (Å²) in [5.74, 6) is 0.426. The van der Waals surface area contributed by atoms with Gasteiger partial charge in [-0.25, -0.2) is 0 Å². The van der Waals surface area contributed by atoms with Gasteiger partial charge in [0.05, 0.1) is 5.88 Å². The quantitative estimate of drug-likeness (QED) is 0.729. The summed E-state index contributed by atoms with van der Waals surface area (Å²) in [5.41, 5.74) is 1.68. The normalized spacial score (nSPS) is 9.92. The number of fused-ring (bicyclic) bond motifs is 1. The lowest BCUT2D eigenvalue weighted by atomic mass is 10.5. The standard InChI is InChI=1S/C8H7ClN2O.ClH/c9-4-6-5-11-2-1-7(12)3-8(11)10-6;/h1-3,5,10H,4H2;1H. The molecule has 3 nitrogen and oxygen atoms in total. The average Bonchev–Trinajstić information content (AvgIpc) is 2.46. The largest absolute Gasteiger partial charge is 0.342 e. The minimum absolute atomic E-state index is 0. The van der Waals surface area contributed by atoms with E-state index in [1.807, 2.05) is 10.6 Å². The molecule has 2 aromatic rings. The second-order valence-electron chi connectivity index (χ2n) is 2.57. The number of aromatic nitrogens is 2. The van der Waals surface area contributed by atoms with Crippen LogP contribution in [0.1, 0.15) is 5.69 Å². The van der Waals surface area contributed by atoms with Crippen LogP contribution < -0.4 is 5.43 Å². The predicted octanol–water partition coefficient (Wildman–Crippen LogP) is 1.79. The molecule has 0 aliphatic carbocycles. The topological polar surface area (TPSA) is 37.3 Å². The SMILES string of the molecule is Cl.O=c1ccn2cc(CCl)[nH]c2c1. The number of H-pyrrole nitrogens is 1. The van der Waals surface area contributed by atoms with Crippen molar-refractivity contribution in [3.63, 3.8) is 0 Å². The molecule has 0 atom stereocenters. The van der Waals surface area contributed by atoms with Gasteiger partial charge in [0.2, 0.25) is 0 Å². The van der Waals surface area contributed by atoms with E-state index in [-0.39, 0.29) is 17.8 Å². The molecule has 0 saturated heterocycles. The molecular formula is C8H8Cl2N2O. The highest BCUT2D eigenvalue weighted by atomic mass is 35.5. The molecule has 0 radical (unpaired) electrons. The second-order valence-corrected chi connectivity index (χ2v) is 2.84. The van der Waals surface area contributed by atoms with Crippen molar-refractivity contribution in [2.75, 3.05) is 0 Å². The molecule has 2 rings (SSSR count). The molecule has 0 unspecified atom stereocenters. The summed E-state index contributed by atoms with van der Waals surface area (Å²) >= 11 is 5.62. The molecule has 5 heteroatoms. The third-order valence-corrected chi connectivity index (χ3v) is 1.97. The number of aromatic amines is 1. The van der Waals surface area contributed by atoms with Gasteiger partial charge in [0.25, 0.3) is 0 Å². The monoisotopic (exact) mass is 218 g/mol. The fraction of sp³-hybridized carbons (Fsp3) is 0.125. The maximum absolute atomic E-state index is 10.9. The number of alkyl halides is 1.